The third-order valence-corrected chi connectivity index (χ3v) is 7.85. The van der Waals surface area contributed by atoms with E-state index in [9.17, 15) is 19.5 Å². The molecular weight excluding hydrogens is 456 g/mol. The van der Waals surface area contributed by atoms with E-state index in [1.165, 1.54) is 23.8 Å². The smallest absolute Gasteiger partial charge is 0.331 e. The van der Waals surface area contributed by atoms with Crippen molar-refractivity contribution in [3.05, 3.63) is 22.1 Å². The van der Waals surface area contributed by atoms with Crippen molar-refractivity contribution in [3.63, 3.8) is 0 Å². The van der Waals surface area contributed by atoms with Crippen molar-refractivity contribution < 1.29 is 28.8 Å². The number of hydrogen-bond donors (Lipinski definition) is 3. The molecule has 32 heavy (non-hydrogen) atoms. The van der Waals surface area contributed by atoms with Crippen LogP contribution in [0.15, 0.2) is 21.5 Å². The SMILES string of the molecule is CO/N=C(\C(=O)N[C@@H]1C(=O)N2C(C(=O)O)C(C[N+]3(C)CCCC3)=CS[C@@H]12)c1csc(N)n1. The van der Waals surface area contributed by atoms with Gasteiger partial charge in [0.15, 0.2) is 16.9 Å². The minimum atomic E-state index is -1.06. The molecular formula is C19H25N6O5S2+. The van der Waals surface area contributed by atoms with E-state index in [2.05, 4.69) is 22.5 Å². The standard InChI is InChI=1S/C19H24N6O5S2/c1-25(5-3-4-6-25)7-10-8-31-17-13(16(27)24(17)14(10)18(28)29)22-15(26)12(23-30-2)11-9-32-19(20)21-11/h8-9,13-14,17H,3-7H2,1-2H3,(H3-,20,21,22,26,28,29)/p+1/b23-12-/t13-,14?,17+/m1/s1. The van der Waals surface area contributed by atoms with Gasteiger partial charge in [0, 0.05) is 23.8 Å². The largest absolute Gasteiger partial charge is 0.479 e. The lowest BCUT2D eigenvalue weighted by Gasteiger charge is -2.51. The summed E-state index contributed by atoms with van der Waals surface area (Å²) in [5.41, 5.74) is 6.49. The highest BCUT2D eigenvalue weighted by Crippen LogP contribution is 2.41. The number of aliphatic carboxylic acids is 1. The van der Waals surface area contributed by atoms with Crippen molar-refractivity contribution in [3.8, 4) is 0 Å². The van der Waals surface area contributed by atoms with Gasteiger partial charge in [0.05, 0.1) is 20.1 Å². The fraction of sp³-hybridized carbons (Fsp3) is 0.526. The molecule has 2 saturated heterocycles. The lowest BCUT2D eigenvalue weighted by molar-refractivity contribution is -0.893. The molecule has 3 aliphatic rings. The summed E-state index contributed by atoms with van der Waals surface area (Å²) in [6, 6.07) is -1.90. The molecule has 0 aromatic carbocycles. The number of carboxylic acids is 1. The number of thiazole rings is 1. The van der Waals surface area contributed by atoms with Crippen LogP contribution in [-0.2, 0) is 19.2 Å². The number of nitrogen functional groups attached to an aromatic ring is 1. The molecule has 1 aromatic rings. The van der Waals surface area contributed by atoms with E-state index in [0.717, 1.165) is 47.3 Å². The Labute approximate surface area is 192 Å². The number of oxime groups is 1. The van der Waals surface area contributed by atoms with Crippen molar-refractivity contribution in [1.29, 1.82) is 0 Å². The van der Waals surface area contributed by atoms with E-state index in [-0.39, 0.29) is 16.5 Å². The Hall–Kier alpha value is -2.64. The van der Waals surface area contributed by atoms with Crippen LogP contribution >= 0.6 is 23.1 Å². The van der Waals surface area contributed by atoms with Gasteiger partial charge in [0.25, 0.3) is 5.91 Å². The normalized spacial score (nSPS) is 26.8. The van der Waals surface area contributed by atoms with Gasteiger partial charge in [-0.3, -0.25) is 9.59 Å². The molecule has 0 saturated carbocycles. The number of amides is 2. The Morgan fingerprint density at radius 2 is 2.16 bits per heavy atom. The molecule has 0 radical (unpaired) electrons. The summed E-state index contributed by atoms with van der Waals surface area (Å²) in [6.07, 6.45) is 2.23. The van der Waals surface area contributed by atoms with Crippen molar-refractivity contribution in [2.45, 2.75) is 30.3 Å². The van der Waals surface area contributed by atoms with Crippen LogP contribution in [0.5, 0.6) is 0 Å². The van der Waals surface area contributed by atoms with Crippen molar-refractivity contribution in [2.24, 2.45) is 5.16 Å². The molecule has 1 aromatic heterocycles. The zero-order valence-electron chi connectivity index (χ0n) is 17.7. The third-order valence-electron chi connectivity index (χ3n) is 5.96. The molecule has 3 aliphatic heterocycles. The monoisotopic (exact) mass is 481 g/mol. The number of fused-ring (bicyclic) bond motifs is 1. The van der Waals surface area contributed by atoms with Gasteiger partial charge in [-0.05, 0) is 5.41 Å². The van der Waals surface area contributed by atoms with E-state index in [1.807, 2.05) is 5.41 Å². The number of carboxylic acid groups (broad SMARTS) is 1. The molecule has 0 bridgehead atoms. The highest BCUT2D eigenvalue weighted by atomic mass is 32.2. The first-order valence-corrected chi connectivity index (χ1v) is 11.9. The number of quaternary nitrogens is 1. The Balaban J connectivity index is 1.51. The van der Waals surface area contributed by atoms with Gasteiger partial charge in [-0.2, -0.15) is 0 Å². The van der Waals surface area contributed by atoms with Gasteiger partial charge in [-0.15, -0.1) is 23.1 Å². The van der Waals surface area contributed by atoms with Crippen molar-refractivity contribution in [2.75, 3.05) is 39.5 Å². The number of likely N-dealkylation sites (N-methyl/N-ethyl adjacent to an activating group) is 1. The van der Waals surface area contributed by atoms with Crippen LogP contribution in [0.4, 0.5) is 5.13 Å². The first-order chi connectivity index (χ1) is 15.2. The number of carbonyl (C=O) groups is 3. The number of nitrogens with zero attached hydrogens (tertiary/aromatic N) is 4. The summed E-state index contributed by atoms with van der Waals surface area (Å²) in [6.45, 7) is 2.58. The second-order valence-corrected chi connectivity index (χ2v) is 10.2. The molecule has 0 spiro atoms. The number of thioether (sulfide) groups is 1. The summed E-state index contributed by atoms with van der Waals surface area (Å²) in [5, 5.41) is 19.4. The Morgan fingerprint density at radius 3 is 2.75 bits per heavy atom. The summed E-state index contributed by atoms with van der Waals surface area (Å²) in [7, 11) is 3.41. The zero-order valence-corrected chi connectivity index (χ0v) is 19.3. The highest BCUT2D eigenvalue weighted by Gasteiger charge is 2.56. The minimum Gasteiger partial charge on any atom is -0.479 e. The second-order valence-electron chi connectivity index (χ2n) is 8.28. The molecule has 13 heteroatoms. The van der Waals surface area contributed by atoms with E-state index in [4.69, 9.17) is 10.6 Å². The van der Waals surface area contributed by atoms with E-state index < -0.39 is 35.2 Å². The number of carbonyl (C=O) groups excluding carboxylic acids is 2. The number of anilines is 1. The van der Waals surface area contributed by atoms with E-state index >= 15 is 0 Å². The molecule has 172 valence electrons. The Morgan fingerprint density at radius 1 is 1.44 bits per heavy atom. The Kier molecular flexibility index (Phi) is 6.14. The van der Waals surface area contributed by atoms with E-state index in [1.54, 1.807) is 5.38 Å². The first kappa shape index (κ1) is 22.6. The molecule has 3 atom stereocenters. The predicted molar refractivity (Wildman–Crippen MR) is 120 cm³/mol. The third kappa shape index (κ3) is 4.07. The molecule has 11 nitrogen and oxygen atoms in total. The molecule has 0 aliphatic carbocycles. The maximum absolute atomic E-state index is 12.9. The maximum Gasteiger partial charge on any atom is 0.331 e. The average Bonchev–Trinajstić information content (AvgIpc) is 3.37. The molecule has 4 rings (SSSR count). The lowest BCUT2D eigenvalue weighted by Crippen LogP contribution is -2.74. The van der Waals surface area contributed by atoms with E-state index in [0.29, 0.717) is 6.54 Å². The number of rotatable bonds is 7. The number of hydrogen-bond acceptors (Lipinski definition) is 9. The van der Waals surface area contributed by atoms with Crippen molar-refractivity contribution in [1.82, 2.24) is 15.2 Å². The van der Waals surface area contributed by atoms with Crippen LogP contribution in [0.25, 0.3) is 0 Å². The molecule has 2 amide bonds. The van der Waals surface area contributed by atoms with Crippen LogP contribution in [0.1, 0.15) is 18.5 Å². The number of nitrogens with two attached hydrogens (primary N) is 1. The van der Waals surface area contributed by atoms with Gasteiger partial charge in [-0.25, -0.2) is 9.78 Å². The van der Waals surface area contributed by atoms with Gasteiger partial charge >= 0.3 is 5.97 Å². The van der Waals surface area contributed by atoms with Crippen LogP contribution in [0, 0.1) is 0 Å². The van der Waals surface area contributed by atoms with Gasteiger partial charge in [0.2, 0.25) is 5.91 Å². The zero-order chi connectivity index (χ0) is 23.0. The maximum atomic E-state index is 12.9. The molecule has 4 N–H and O–H groups in total. The lowest BCUT2D eigenvalue weighted by atomic mass is 9.97. The second kappa shape index (κ2) is 8.71. The van der Waals surface area contributed by atoms with Crippen LogP contribution in [0.2, 0.25) is 0 Å². The Bertz CT molecular complexity index is 1000. The van der Waals surface area contributed by atoms with Gasteiger partial charge in [0.1, 0.15) is 30.8 Å². The quantitative estimate of drug-likeness (QED) is 0.214. The van der Waals surface area contributed by atoms with Crippen LogP contribution < -0.4 is 11.1 Å². The van der Waals surface area contributed by atoms with Crippen molar-refractivity contribution >= 4 is 51.7 Å². The number of likely N-dealkylation sites (tertiary alicyclic amines) is 1. The van der Waals surface area contributed by atoms with Gasteiger partial charge < -0.3 is 30.4 Å². The summed E-state index contributed by atoms with van der Waals surface area (Å²) < 4.78 is 0.774. The topological polar surface area (TPSA) is 147 Å². The fourth-order valence-corrected chi connectivity index (χ4v) is 6.20. The predicted octanol–water partition coefficient (Wildman–Crippen LogP) is 0.0532. The molecule has 2 fully saturated rings. The highest BCUT2D eigenvalue weighted by molar-refractivity contribution is 8.03. The van der Waals surface area contributed by atoms with Crippen LogP contribution in [0.3, 0.4) is 0 Å². The summed E-state index contributed by atoms with van der Waals surface area (Å²) in [4.78, 5) is 48.0. The summed E-state index contributed by atoms with van der Waals surface area (Å²) in [5.74, 6) is -2.15. The number of nitrogens with one attached hydrogen (secondary N) is 1. The minimum absolute atomic E-state index is 0.106. The summed E-state index contributed by atoms with van der Waals surface area (Å²) >= 11 is 2.50. The number of aromatic nitrogens is 1. The molecule has 4 heterocycles. The first-order valence-electron chi connectivity index (χ1n) is 10.1. The van der Waals surface area contributed by atoms with Gasteiger partial charge in [-0.1, -0.05) is 5.16 Å². The average molecular weight is 482 g/mol. The molecule has 1 unspecified atom stereocenters. The van der Waals surface area contributed by atoms with Crippen LogP contribution in [-0.4, -0.2) is 94.2 Å². The fourth-order valence-electron chi connectivity index (χ4n) is 4.44. The number of β-lactam (4-membered cyclic amide) rings is 1.